The number of ether oxygens (including phenoxy) is 1. The SMILES string of the molecule is CCCCOc1ccc(Cl)cc1CN1CC[C@H](CN)C1.Cl. The molecule has 1 aromatic carbocycles. The van der Waals surface area contributed by atoms with Crippen molar-refractivity contribution < 1.29 is 4.74 Å². The molecular weight excluding hydrogens is 307 g/mol. The lowest BCUT2D eigenvalue weighted by atomic mass is 10.1. The van der Waals surface area contributed by atoms with Gasteiger partial charge >= 0.3 is 0 Å². The minimum atomic E-state index is 0. The van der Waals surface area contributed by atoms with Gasteiger partial charge in [-0.2, -0.15) is 0 Å². The minimum Gasteiger partial charge on any atom is -0.493 e. The molecule has 120 valence electrons. The van der Waals surface area contributed by atoms with E-state index in [1.165, 1.54) is 12.0 Å². The molecule has 0 radical (unpaired) electrons. The van der Waals surface area contributed by atoms with Crippen molar-refractivity contribution in [3.8, 4) is 5.75 Å². The van der Waals surface area contributed by atoms with Gasteiger partial charge in [0.15, 0.2) is 0 Å². The lowest BCUT2D eigenvalue weighted by molar-refractivity contribution is 0.285. The van der Waals surface area contributed by atoms with E-state index < -0.39 is 0 Å². The van der Waals surface area contributed by atoms with Crippen molar-refractivity contribution in [2.24, 2.45) is 11.7 Å². The second-order valence-corrected chi connectivity index (χ2v) is 6.02. The predicted molar refractivity (Wildman–Crippen MR) is 91.5 cm³/mol. The van der Waals surface area contributed by atoms with Crippen LogP contribution in [0.2, 0.25) is 5.02 Å². The lowest BCUT2D eigenvalue weighted by Gasteiger charge is -2.18. The second kappa shape index (κ2) is 9.52. The third kappa shape index (κ3) is 5.67. The van der Waals surface area contributed by atoms with Gasteiger partial charge < -0.3 is 10.5 Å². The van der Waals surface area contributed by atoms with Crippen molar-refractivity contribution in [3.05, 3.63) is 28.8 Å². The molecule has 3 nitrogen and oxygen atoms in total. The Morgan fingerprint density at radius 1 is 1.43 bits per heavy atom. The number of likely N-dealkylation sites (tertiary alicyclic amines) is 1. The maximum absolute atomic E-state index is 6.13. The molecule has 21 heavy (non-hydrogen) atoms. The largest absolute Gasteiger partial charge is 0.493 e. The first-order chi connectivity index (χ1) is 9.72. The van der Waals surface area contributed by atoms with Gasteiger partial charge in [0.1, 0.15) is 5.75 Å². The van der Waals surface area contributed by atoms with Crippen LogP contribution in [-0.2, 0) is 6.54 Å². The monoisotopic (exact) mass is 332 g/mol. The van der Waals surface area contributed by atoms with Gasteiger partial charge in [-0.15, -0.1) is 12.4 Å². The number of unbranched alkanes of at least 4 members (excludes halogenated alkanes) is 1. The van der Waals surface area contributed by atoms with E-state index >= 15 is 0 Å². The number of nitrogens with zero attached hydrogens (tertiary/aromatic N) is 1. The summed E-state index contributed by atoms with van der Waals surface area (Å²) >= 11 is 6.13. The fourth-order valence-electron chi connectivity index (χ4n) is 2.63. The number of halogens is 2. The number of hydrogen-bond acceptors (Lipinski definition) is 3. The van der Waals surface area contributed by atoms with Crippen LogP contribution in [-0.4, -0.2) is 31.1 Å². The van der Waals surface area contributed by atoms with Gasteiger partial charge in [0.05, 0.1) is 6.61 Å². The molecule has 0 bridgehead atoms. The highest BCUT2D eigenvalue weighted by atomic mass is 35.5. The maximum atomic E-state index is 6.13. The number of hydrogen-bond donors (Lipinski definition) is 1. The Labute approximate surface area is 139 Å². The Hall–Kier alpha value is -0.480. The average Bonchev–Trinajstić information content (AvgIpc) is 2.89. The molecule has 0 aliphatic carbocycles. The molecule has 1 aliphatic rings. The predicted octanol–water partition coefficient (Wildman–Crippen LogP) is 3.72. The Morgan fingerprint density at radius 3 is 2.90 bits per heavy atom. The molecule has 1 aromatic rings. The number of rotatable bonds is 7. The summed E-state index contributed by atoms with van der Waals surface area (Å²) in [5.41, 5.74) is 6.94. The van der Waals surface area contributed by atoms with Crippen LogP contribution in [0.1, 0.15) is 31.7 Å². The Balaban J connectivity index is 0.00000220. The molecule has 0 aromatic heterocycles. The normalized spacial score (nSPS) is 18.5. The highest BCUT2D eigenvalue weighted by Crippen LogP contribution is 2.26. The summed E-state index contributed by atoms with van der Waals surface area (Å²) in [7, 11) is 0. The third-order valence-corrected chi connectivity index (χ3v) is 4.11. The van der Waals surface area contributed by atoms with Gasteiger partial charge in [-0.1, -0.05) is 24.9 Å². The Bertz CT molecular complexity index is 429. The van der Waals surface area contributed by atoms with E-state index in [4.69, 9.17) is 22.1 Å². The van der Waals surface area contributed by atoms with Crippen LogP contribution in [0.15, 0.2) is 18.2 Å². The van der Waals surface area contributed by atoms with E-state index in [1.54, 1.807) is 0 Å². The molecule has 1 fully saturated rings. The molecular formula is C16H26Cl2N2O. The highest BCUT2D eigenvalue weighted by molar-refractivity contribution is 6.30. The summed E-state index contributed by atoms with van der Waals surface area (Å²) in [5, 5.41) is 0.775. The highest BCUT2D eigenvalue weighted by Gasteiger charge is 2.22. The quantitative estimate of drug-likeness (QED) is 0.773. The van der Waals surface area contributed by atoms with Gasteiger partial charge in [0, 0.05) is 23.7 Å². The van der Waals surface area contributed by atoms with E-state index in [0.29, 0.717) is 5.92 Å². The standard InChI is InChI=1S/C16H25ClN2O.ClH/c1-2-3-8-20-16-5-4-15(17)9-14(16)12-19-7-6-13(10-18)11-19;/h4-5,9,13H,2-3,6-8,10-12,18H2,1H3;1H/t13-;/m1./s1. The van der Waals surface area contributed by atoms with Crippen LogP contribution < -0.4 is 10.5 Å². The van der Waals surface area contributed by atoms with E-state index in [2.05, 4.69) is 11.8 Å². The van der Waals surface area contributed by atoms with Crippen LogP contribution in [0.5, 0.6) is 5.75 Å². The maximum Gasteiger partial charge on any atom is 0.123 e. The molecule has 1 heterocycles. The van der Waals surface area contributed by atoms with Crippen LogP contribution in [0.3, 0.4) is 0 Å². The fraction of sp³-hybridized carbons (Fsp3) is 0.625. The van der Waals surface area contributed by atoms with Crippen molar-refractivity contribution in [3.63, 3.8) is 0 Å². The molecule has 1 atom stereocenters. The van der Waals surface area contributed by atoms with Crippen LogP contribution in [0.4, 0.5) is 0 Å². The summed E-state index contributed by atoms with van der Waals surface area (Å²) in [6.45, 7) is 6.82. The van der Waals surface area contributed by atoms with Gasteiger partial charge in [-0.25, -0.2) is 0 Å². The zero-order chi connectivity index (χ0) is 14.4. The van der Waals surface area contributed by atoms with E-state index in [1.807, 2.05) is 18.2 Å². The van der Waals surface area contributed by atoms with Crippen LogP contribution in [0, 0.1) is 5.92 Å². The molecule has 0 spiro atoms. The summed E-state index contributed by atoms with van der Waals surface area (Å²) < 4.78 is 5.89. The first kappa shape index (κ1) is 18.6. The number of benzene rings is 1. The average molecular weight is 333 g/mol. The molecule has 2 rings (SSSR count). The van der Waals surface area contributed by atoms with Crippen LogP contribution >= 0.6 is 24.0 Å². The molecule has 1 saturated heterocycles. The molecule has 0 unspecified atom stereocenters. The summed E-state index contributed by atoms with van der Waals surface area (Å²) in [6.07, 6.45) is 3.43. The summed E-state index contributed by atoms with van der Waals surface area (Å²) in [5.74, 6) is 1.61. The second-order valence-electron chi connectivity index (χ2n) is 5.58. The molecule has 1 aliphatic heterocycles. The van der Waals surface area contributed by atoms with Gasteiger partial charge in [-0.3, -0.25) is 4.90 Å². The van der Waals surface area contributed by atoms with E-state index in [-0.39, 0.29) is 12.4 Å². The lowest BCUT2D eigenvalue weighted by Crippen LogP contribution is -2.23. The van der Waals surface area contributed by atoms with Crippen molar-refractivity contribution in [1.82, 2.24) is 4.90 Å². The molecule has 0 saturated carbocycles. The molecule has 0 amide bonds. The summed E-state index contributed by atoms with van der Waals surface area (Å²) in [6, 6.07) is 5.92. The number of nitrogens with two attached hydrogens (primary N) is 1. The zero-order valence-electron chi connectivity index (χ0n) is 12.7. The van der Waals surface area contributed by atoms with Crippen LogP contribution in [0.25, 0.3) is 0 Å². The van der Waals surface area contributed by atoms with Crippen molar-refractivity contribution in [2.75, 3.05) is 26.2 Å². The topological polar surface area (TPSA) is 38.5 Å². The smallest absolute Gasteiger partial charge is 0.123 e. The zero-order valence-corrected chi connectivity index (χ0v) is 14.3. The fourth-order valence-corrected chi connectivity index (χ4v) is 2.82. The van der Waals surface area contributed by atoms with Gasteiger partial charge in [0.25, 0.3) is 0 Å². The van der Waals surface area contributed by atoms with Crippen molar-refractivity contribution >= 4 is 24.0 Å². The molecule has 2 N–H and O–H groups in total. The van der Waals surface area contributed by atoms with Crippen molar-refractivity contribution in [2.45, 2.75) is 32.7 Å². The summed E-state index contributed by atoms with van der Waals surface area (Å²) in [4.78, 5) is 2.44. The van der Waals surface area contributed by atoms with E-state index in [9.17, 15) is 0 Å². The van der Waals surface area contributed by atoms with Crippen molar-refractivity contribution in [1.29, 1.82) is 0 Å². The third-order valence-electron chi connectivity index (χ3n) is 3.88. The minimum absolute atomic E-state index is 0. The van der Waals surface area contributed by atoms with E-state index in [0.717, 1.165) is 56.4 Å². The van der Waals surface area contributed by atoms with Gasteiger partial charge in [0.2, 0.25) is 0 Å². The molecule has 5 heteroatoms. The Kier molecular flexibility index (Phi) is 8.42. The Morgan fingerprint density at radius 2 is 2.24 bits per heavy atom. The first-order valence-electron chi connectivity index (χ1n) is 7.56. The first-order valence-corrected chi connectivity index (χ1v) is 7.94. The van der Waals surface area contributed by atoms with Gasteiger partial charge in [-0.05, 0) is 50.0 Å².